The molecule has 1 fully saturated rings. The summed E-state index contributed by atoms with van der Waals surface area (Å²) in [5, 5.41) is 0. The second-order valence-corrected chi connectivity index (χ2v) is 4.87. The van der Waals surface area contributed by atoms with Gasteiger partial charge in [0.2, 0.25) is 0 Å². The molecule has 1 amide bonds. The summed E-state index contributed by atoms with van der Waals surface area (Å²) in [7, 11) is 0. The monoisotopic (exact) mass is 240 g/mol. The number of amides is 1. The molecule has 0 spiro atoms. The molecule has 92 valence electrons. The van der Waals surface area contributed by atoms with E-state index in [1.165, 1.54) is 17.9 Å². The molecule has 3 nitrogen and oxygen atoms in total. The molecule has 0 saturated carbocycles. The van der Waals surface area contributed by atoms with Crippen LogP contribution in [0.4, 0.5) is 8.78 Å². The Balaban J connectivity index is 2.29. The summed E-state index contributed by atoms with van der Waals surface area (Å²) in [6, 6.07) is 2.41. The van der Waals surface area contributed by atoms with E-state index < -0.39 is 28.6 Å². The molecule has 0 bridgehead atoms. The largest absolute Gasteiger partial charge is 0.335 e. The van der Waals surface area contributed by atoms with Crippen LogP contribution in [0, 0.1) is 18.6 Å². The fraction of sp³-hybridized carbons (Fsp3) is 0.417. The van der Waals surface area contributed by atoms with Gasteiger partial charge in [0.25, 0.3) is 5.91 Å². The Labute approximate surface area is 98.2 Å². The van der Waals surface area contributed by atoms with Crippen molar-refractivity contribution in [3.63, 3.8) is 0 Å². The lowest BCUT2D eigenvalue weighted by atomic mass is 9.92. The Morgan fingerprint density at radius 2 is 2.00 bits per heavy atom. The third kappa shape index (κ3) is 2.02. The van der Waals surface area contributed by atoms with Gasteiger partial charge in [-0.15, -0.1) is 0 Å². The first-order valence-electron chi connectivity index (χ1n) is 5.34. The number of hydrogen-bond donors (Lipinski definition) is 1. The van der Waals surface area contributed by atoms with E-state index >= 15 is 0 Å². The lowest BCUT2D eigenvalue weighted by Crippen LogP contribution is -2.66. The fourth-order valence-electron chi connectivity index (χ4n) is 1.98. The minimum absolute atomic E-state index is 0.255. The maximum absolute atomic E-state index is 13.7. The predicted octanol–water partition coefficient (Wildman–Crippen LogP) is 1.45. The Hall–Kier alpha value is -1.49. The number of benzene rings is 1. The van der Waals surface area contributed by atoms with Crippen molar-refractivity contribution in [1.29, 1.82) is 0 Å². The van der Waals surface area contributed by atoms with E-state index in [0.29, 0.717) is 13.1 Å². The van der Waals surface area contributed by atoms with Gasteiger partial charge in [0.05, 0.1) is 0 Å². The highest BCUT2D eigenvalue weighted by Gasteiger charge is 2.39. The van der Waals surface area contributed by atoms with E-state index in [1.807, 2.05) is 0 Å². The normalized spacial score (nSPS) is 17.8. The van der Waals surface area contributed by atoms with Gasteiger partial charge in [-0.3, -0.25) is 4.79 Å². The quantitative estimate of drug-likeness (QED) is 0.807. The average Bonchev–Trinajstić information content (AvgIpc) is 2.20. The fourth-order valence-corrected chi connectivity index (χ4v) is 1.98. The number of carbonyl (C=O) groups excluding carboxylic acids is 1. The van der Waals surface area contributed by atoms with Crippen LogP contribution in [0.15, 0.2) is 12.1 Å². The molecule has 0 radical (unpaired) electrons. The van der Waals surface area contributed by atoms with Gasteiger partial charge in [-0.25, -0.2) is 8.78 Å². The molecule has 1 aliphatic rings. The first-order chi connectivity index (χ1) is 7.82. The summed E-state index contributed by atoms with van der Waals surface area (Å²) in [6.07, 6.45) is 0. The lowest BCUT2D eigenvalue weighted by Gasteiger charge is -2.45. The van der Waals surface area contributed by atoms with Gasteiger partial charge in [-0.2, -0.15) is 0 Å². The zero-order chi connectivity index (χ0) is 12.8. The summed E-state index contributed by atoms with van der Waals surface area (Å²) in [6.45, 7) is 3.92. The van der Waals surface area contributed by atoms with E-state index in [2.05, 4.69) is 0 Å². The Bertz CT molecular complexity index is 478. The van der Waals surface area contributed by atoms with Crippen LogP contribution in [0.3, 0.4) is 0 Å². The molecule has 1 aromatic rings. The van der Waals surface area contributed by atoms with Gasteiger partial charge in [0.1, 0.15) is 17.2 Å². The molecule has 1 aliphatic heterocycles. The van der Waals surface area contributed by atoms with Crippen molar-refractivity contribution in [2.24, 2.45) is 5.73 Å². The van der Waals surface area contributed by atoms with Crippen molar-refractivity contribution in [3.8, 4) is 0 Å². The van der Waals surface area contributed by atoms with Crippen molar-refractivity contribution in [2.75, 3.05) is 13.1 Å². The van der Waals surface area contributed by atoms with Crippen LogP contribution < -0.4 is 5.73 Å². The van der Waals surface area contributed by atoms with Gasteiger partial charge < -0.3 is 10.6 Å². The van der Waals surface area contributed by atoms with Gasteiger partial charge in [-0.1, -0.05) is 6.07 Å². The first-order valence-corrected chi connectivity index (χ1v) is 5.34. The maximum atomic E-state index is 13.7. The number of hydrogen-bond acceptors (Lipinski definition) is 2. The molecular weight excluding hydrogens is 226 g/mol. The minimum atomic E-state index is -0.830. The SMILES string of the molecule is Cc1ccc(F)c(C(=O)N2CC(C)(N)C2)c1F. The highest BCUT2D eigenvalue weighted by atomic mass is 19.1. The second-order valence-electron chi connectivity index (χ2n) is 4.87. The molecule has 1 heterocycles. The summed E-state index contributed by atoms with van der Waals surface area (Å²) >= 11 is 0. The van der Waals surface area contributed by atoms with Crippen LogP contribution in [0.25, 0.3) is 0 Å². The highest BCUT2D eigenvalue weighted by Crippen LogP contribution is 2.24. The van der Waals surface area contributed by atoms with Gasteiger partial charge in [0, 0.05) is 18.6 Å². The zero-order valence-corrected chi connectivity index (χ0v) is 9.76. The third-order valence-corrected chi connectivity index (χ3v) is 2.89. The van der Waals surface area contributed by atoms with Crippen LogP contribution in [-0.2, 0) is 0 Å². The van der Waals surface area contributed by atoms with Crippen LogP contribution in [0.2, 0.25) is 0 Å². The van der Waals surface area contributed by atoms with Crippen LogP contribution in [-0.4, -0.2) is 29.4 Å². The molecule has 0 atom stereocenters. The molecule has 0 aromatic heterocycles. The van der Waals surface area contributed by atoms with Gasteiger partial charge in [-0.05, 0) is 25.5 Å². The van der Waals surface area contributed by atoms with Gasteiger partial charge >= 0.3 is 0 Å². The van der Waals surface area contributed by atoms with E-state index in [4.69, 9.17) is 5.73 Å². The van der Waals surface area contributed by atoms with Crippen LogP contribution in [0.1, 0.15) is 22.8 Å². The molecule has 0 unspecified atom stereocenters. The number of nitrogens with two attached hydrogens (primary N) is 1. The summed E-state index contributed by atoms with van der Waals surface area (Å²) < 4.78 is 27.2. The highest BCUT2D eigenvalue weighted by molar-refractivity contribution is 5.95. The Morgan fingerprint density at radius 1 is 1.41 bits per heavy atom. The number of nitrogens with zero attached hydrogens (tertiary/aromatic N) is 1. The van der Waals surface area contributed by atoms with Gasteiger partial charge in [0.15, 0.2) is 0 Å². The maximum Gasteiger partial charge on any atom is 0.259 e. The van der Waals surface area contributed by atoms with Crippen molar-refractivity contribution in [2.45, 2.75) is 19.4 Å². The topological polar surface area (TPSA) is 46.3 Å². The number of rotatable bonds is 1. The first kappa shape index (κ1) is 12.0. The molecule has 2 N–H and O–H groups in total. The number of halogens is 2. The zero-order valence-electron chi connectivity index (χ0n) is 9.76. The summed E-state index contributed by atoms with van der Waals surface area (Å²) in [4.78, 5) is 13.2. The Kier molecular flexibility index (Phi) is 2.66. The molecule has 1 saturated heterocycles. The van der Waals surface area contributed by atoms with E-state index in [1.54, 1.807) is 6.92 Å². The number of carbonyl (C=O) groups is 1. The smallest absolute Gasteiger partial charge is 0.259 e. The second kappa shape index (κ2) is 3.77. The summed E-state index contributed by atoms with van der Waals surface area (Å²) in [5.41, 5.74) is 5.07. The molecule has 1 aromatic carbocycles. The minimum Gasteiger partial charge on any atom is -0.335 e. The third-order valence-electron chi connectivity index (χ3n) is 2.89. The standard InChI is InChI=1S/C12H14F2N2O/c1-7-3-4-8(13)9(10(7)14)11(17)16-5-12(2,15)6-16/h3-4H,5-6,15H2,1-2H3. The van der Waals surface area contributed by atoms with Crippen molar-refractivity contribution >= 4 is 5.91 Å². The van der Waals surface area contributed by atoms with Crippen LogP contribution in [0.5, 0.6) is 0 Å². The Morgan fingerprint density at radius 3 is 2.53 bits per heavy atom. The van der Waals surface area contributed by atoms with Crippen molar-refractivity contribution < 1.29 is 13.6 Å². The average molecular weight is 240 g/mol. The van der Waals surface area contributed by atoms with Crippen LogP contribution >= 0.6 is 0 Å². The van der Waals surface area contributed by atoms with Crippen molar-refractivity contribution in [3.05, 3.63) is 34.9 Å². The van der Waals surface area contributed by atoms with E-state index in [0.717, 1.165) is 6.07 Å². The number of likely N-dealkylation sites (tertiary alicyclic amines) is 1. The summed E-state index contributed by atoms with van der Waals surface area (Å²) in [5.74, 6) is -2.25. The molecule has 2 rings (SSSR count). The van der Waals surface area contributed by atoms with E-state index in [-0.39, 0.29) is 5.56 Å². The predicted molar refractivity (Wildman–Crippen MR) is 59.6 cm³/mol. The molecular formula is C12H14F2N2O. The molecule has 0 aliphatic carbocycles. The number of aryl methyl sites for hydroxylation is 1. The van der Waals surface area contributed by atoms with E-state index in [9.17, 15) is 13.6 Å². The molecule has 5 heteroatoms. The van der Waals surface area contributed by atoms with Crippen molar-refractivity contribution in [1.82, 2.24) is 4.90 Å². The molecule has 17 heavy (non-hydrogen) atoms. The lowest BCUT2D eigenvalue weighted by molar-refractivity contribution is 0.0444.